The number of carbonyl (C=O) groups excluding carboxylic acids is 1. The monoisotopic (exact) mass is 298 g/mol. The second kappa shape index (κ2) is 7.36. The number of rotatable bonds is 5. The maximum Gasteiger partial charge on any atom is 0.327 e. The van der Waals surface area contributed by atoms with Crippen LogP contribution in [-0.2, 0) is 11.3 Å². The Morgan fingerprint density at radius 3 is 2.75 bits per heavy atom. The number of urea groups is 1. The fourth-order valence-electron chi connectivity index (χ4n) is 1.36. The van der Waals surface area contributed by atoms with Gasteiger partial charge >= 0.3 is 12.0 Å². The van der Waals surface area contributed by atoms with E-state index in [0.29, 0.717) is 5.56 Å². The molecule has 20 heavy (non-hydrogen) atoms. The van der Waals surface area contributed by atoms with Crippen LogP contribution in [0.1, 0.15) is 12.0 Å². The summed E-state index contributed by atoms with van der Waals surface area (Å²) in [7, 11) is 0. The van der Waals surface area contributed by atoms with Crippen LogP contribution in [0.4, 0.5) is 9.18 Å². The van der Waals surface area contributed by atoms with E-state index in [0.717, 1.165) is 0 Å². The van der Waals surface area contributed by atoms with Crippen LogP contribution >= 0.6 is 11.6 Å². The van der Waals surface area contributed by atoms with Crippen LogP contribution in [0.3, 0.4) is 0 Å². The van der Waals surface area contributed by atoms with E-state index in [4.69, 9.17) is 23.1 Å². The van der Waals surface area contributed by atoms with Crippen LogP contribution < -0.4 is 10.6 Å². The van der Waals surface area contributed by atoms with Crippen molar-refractivity contribution in [1.29, 1.82) is 0 Å². The summed E-state index contributed by atoms with van der Waals surface area (Å²) in [5.74, 6) is 0.384. The van der Waals surface area contributed by atoms with Crippen molar-refractivity contribution in [2.24, 2.45) is 0 Å². The Bertz CT molecular complexity index is 557. The molecule has 1 rings (SSSR count). The molecule has 7 heteroatoms. The van der Waals surface area contributed by atoms with Gasteiger partial charge in [0, 0.05) is 13.0 Å². The predicted octanol–water partition coefficient (Wildman–Crippen LogP) is 1.75. The molecule has 3 N–H and O–H groups in total. The largest absolute Gasteiger partial charge is 0.480 e. The smallest absolute Gasteiger partial charge is 0.327 e. The molecule has 2 amide bonds. The van der Waals surface area contributed by atoms with Gasteiger partial charge in [0.2, 0.25) is 0 Å². The zero-order chi connectivity index (χ0) is 15.1. The van der Waals surface area contributed by atoms with Crippen molar-refractivity contribution in [3.05, 3.63) is 34.6 Å². The molecule has 0 radical (unpaired) electrons. The molecule has 0 spiro atoms. The van der Waals surface area contributed by atoms with E-state index in [1.165, 1.54) is 18.2 Å². The fourth-order valence-corrected chi connectivity index (χ4v) is 1.56. The zero-order valence-corrected chi connectivity index (χ0v) is 11.1. The summed E-state index contributed by atoms with van der Waals surface area (Å²) in [6, 6.07) is 2.16. The Hall–Kier alpha value is -2.26. The van der Waals surface area contributed by atoms with Crippen molar-refractivity contribution in [2.75, 3.05) is 0 Å². The van der Waals surface area contributed by atoms with Gasteiger partial charge < -0.3 is 15.7 Å². The molecular weight excluding hydrogens is 287 g/mol. The Balaban J connectivity index is 2.52. The first-order valence-corrected chi connectivity index (χ1v) is 5.96. The molecule has 0 aromatic heterocycles. The van der Waals surface area contributed by atoms with Crippen molar-refractivity contribution < 1.29 is 19.1 Å². The lowest BCUT2D eigenvalue weighted by Gasteiger charge is -2.13. The topological polar surface area (TPSA) is 78.4 Å². The molecule has 1 atom stereocenters. The number of halogens is 2. The van der Waals surface area contributed by atoms with E-state index < -0.39 is 23.9 Å². The average molecular weight is 299 g/mol. The van der Waals surface area contributed by atoms with Gasteiger partial charge in [0.1, 0.15) is 11.9 Å². The van der Waals surface area contributed by atoms with Gasteiger partial charge in [-0.1, -0.05) is 17.7 Å². The van der Waals surface area contributed by atoms with Crippen LogP contribution in [0, 0.1) is 18.2 Å². The summed E-state index contributed by atoms with van der Waals surface area (Å²) in [5.41, 5.74) is 0.579. The van der Waals surface area contributed by atoms with Crippen molar-refractivity contribution in [1.82, 2.24) is 10.6 Å². The van der Waals surface area contributed by atoms with Crippen molar-refractivity contribution in [3.8, 4) is 12.3 Å². The molecule has 0 fully saturated rings. The van der Waals surface area contributed by atoms with Gasteiger partial charge in [-0.25, -0.2) is 14.0 Å². The molecule has 1 unspecified atom stereocenters. The fraction of sp³-hybridized carbons (Fsp3) is 0.231. The zero-order valence-electron chi connectivity index (χ0n) is 10.3. The normalized spacial score (nSPS) is 11.2. The molecule has 0 saturated carbocycles. The Morgan fingerprint density at radius 2 is 2.20 bits per heavy atom. The second-order valence-electron chi connectivity index (χ2n) is 3.87. The lowest BCUT2D eigenvalue weighted by Crippen LogP contribution is -2.45. The summed E-state index contributed by atoms with van der Waals surface area (Å²) < 4.78 is 12.9. The maximum atomic E-state index is 12.9. The SMILES string of the molecule is C#CCC(NC(=O)NCc1ccc(F)c(Cl)c1)C(=O)O. The number of hydrogen-bond donors (Lipinski definition) is 3. The minimum absolute atomic E-state index is 0.0551. The van der Waals surface area contributed by atoms with E-state index in [9.17, 15) is 14.0 Å². The highest BCUT2D eigenvalue weighted by atomic mass is 35.5. The first kappa shape index (κ1) is 15.8. The van der Waals surface area contributed by atoms with Crippen LogP contribution in [0.25, 0.3) is 0 Å². The third kappa shape index (κ3) is 4.78. The average Bonchev–Trinajstić information content (AvgIpc) is 2.39. The van der Waals surface area contributed by atoms with Crippen LogP contribution in [0.15, 0.2) is 18.2 Å². The van der Waals surface area contributed by atoms with E-state index in [2.05, 4.69) is 16.6 Å². The molecule has 0 bridgehead atoms. The van der Waals surface area contributed by atoms with Gasteiger partial charge in [0.25, 0.3) is 0 Å². The first-order valence-electron chi connectivity index (χ1n) is 5.58. The third-order valence-corrected chi connectivity index (χ3v) is 2.65. The predicted molar refractivity (Wildman–Crippen MR) is 71.7 cm³/mol. The number of carboxylic acid groups (broad SMARTS) is 1. The maximum absolute atomic E-state index is 12.9. The summed E-state index contributed by atoms with van der Waals surface area (Å²) in [5, 5.41) is 13.4. The van der Waals surface area contributed by atoms with Crippen molar-refractivity contribution in [3.63, 3.8) is 0 Å². The minimum atomic E-state index is -1.22. The Kier molecular flexibility index (Phi) is 5.81. The molecule has 5 nitrogen and oxygen atoms in total. The first-order chi connectivity index (χ1) is 9.43. The summed E-state index contributed by atoms with van der Waals surface area (Å²) in [6.07, 6.45) is 4.88. The molecule has 0 aliphatic carbocycles. The van der Waals surface area contributed by atoms with E-state index in [-0.39, 0.29) is 18.0 Å². The van der Waals surface area contributed by atoms with Gasteiger partial charge in [-0.15, -0.1) is 12.3 Å². The van der Waals surface area contributed by atoms with Gasteiger partial charge in [-0.05, 0) is 17.7 Å². The molecule has 0 saturated heterocycles. The number of carboxylic acids is 1. The Morgan fingerprint density at radius 1 is 1.50 bits per heavy atom. The van der Waals surface area contributed by atoms with Crippen molar-refractivity contribution >= 4 is 23.6 Å². The van der Waals surface area contributed by atoms with E-state index >= 15 is 0 Å². The molecule has 0 heterocycles. The lowest BCUT2D eigenvalue weighted by molar-refractivity contribution is -0.139. The quantitative estimate of drug-likeness (QED) is 0.725. The Labute approximate surface area is 120 Å². The highest BCUT2D eigenvalue weighted by molar-refractivity contribution is 6.30. The number of amides is 2. The van der Waals surface area contributed by atoms with E-state index in [1.54, 1.807) is 0 Å². The number of nitrogens with one attached hydrogen (secondary N) is 2. The molecule has 0 aliphatic heterocycles. The molecule has 1 aromatic rings. The molecule has 106 valence electrons. The second-order valence-corrected chi connectivity index (χ2v) is 4.28. The summed E-state index contributed by atoms with van der Waals surface area (Å²) in [4.78, 5) is 22.3. The van der Waals surface area contributed by atoms with Crippen molar-refractivity contribution in [2.45, 2.75) is 19.0 Å². The summed E-state index contributed by atoms with van der Waals surface area (Å²) in [6.45, 7) is 0.0776. The van der Waals surface area contributed by atoms with Gasteiger partial charge in [0.15, 0.2) is 0 Å². The number of terminal acetylenes is 1. The lowest BCUT2D eigenvalue weighted by atomic mass is 10.2. The molecular formula is C13H12ClFN2O3. The van der Waals surface area contributed by atoms with Gasteiger partial charge in [-0.2, -0.15) is 0 Å². The highest BCUT2D eigenvalue weighted by Crippen LogP contribution is 2.15. The minimum Gasteiger partial charge on any atom is -0.480 e. The van der Waals surface area contributed by atoms with Crippen LogP contribution in [0.2, 0.25) is 5.02 Å². The summed E-state index contributed by atoms with van der Waals surface area (Å²) >= 11 is 5.59. The van der Waals surface area contributed by atoms with Gasteiger partial charge in [0.05, 0.1) is 5.02 Å². The molecule has 1 aromatic carbocycles. The molecule has 0 aliphatic rings. The standard InChI is InChI=1S/C13H12ClFN2O3/c1-2-3-11(12(18)19)17-13(20)16-7-8-4-5-10(15)9(14)6-8/h1,4-6,11H,3,7H2,(H,18,19)(H2,16,17,20). The third-order valence-electron chi connectivity index (χ3n) is 2.36. The highest BCUT2D eigenvalue weighted by Gasteiger charge is 2.18. The van der Waals surface area contributed by atoms with Crippen LogP contribution in [-0.4, -0.2) is 23.1 Å². The number of benzene rings is 1. The number of carbonyl (C=O) groups is 2. The van der Waals surface area contributed by atoms with Crippen LogP contribution in [0.5, 0.6) is 0 Å². The number of aliphatic carboxylic acids is 1. The van der Waals surface area contributed by atoms with E-state index in [1.807, 2.05) is 0 Å². The number of hydrogen-bond acceptors (Lipinski definition) is 2. The van der Waals surface area contributed by atoms with Gasteiger partial charge in [-0.3, -0.25) is 0 Å².